The quantitative estimate of drug-likeness (QED) is 0.515. The Balaban J connectivity index is 1.62. The Morgan fingerprint density at radius 1 is 1.09 bits per heavy atom. The Morgan fingerprint density at radius 2 is 1.75 bits per heavy atom. The molecule has 0 saturated carbocycles. The Bertz CT molecular complexity index is 1170. The smallest absolute Gasteiger partial charge is 0.241 e. The summed E-state index contributed by atoms with van der Waals surface area (Å²) < 4.78 is 34.5. The molecule has 1 heterocycles. The molecule has 32 heavy (non-hydrogen) atoms. The third-order valence-electron chi connectivity index (χ3n) is 5.24. The van der Waals surface area contributed by atoms with Crippen LogP contribution < -0.4 is 14.8 Å². The van der Waals surface area contributed by atoms with E-state index in [1.807, 2.05) is 48.9 Å². The maximum absolute atomic E-state index is 12.6. The summed E-state index contributed by atoms with van der Waals surface area (Å²) in [5.41, 5.74) is 3.83. The molecule has 3 rings (SSSR count). The average Bonchev–Trinajstić information content (AvgIpc) is 3.04. The fourth-order valence-electron chi connectivity index (χ4n) is 3.34. The van der Waals surface area contributed by atoms with Crippen molar-refractivity contribution in [2.75, 3.05) is 7.11 Å². The van der Waals surface area contributed by atoms with Gasteiger partial charge in [-0.3, -0.25) is 9.48 Å². The van der Waals surface area contributed by atoms with Crippen molar-refractivity contribution in [1.29, 1.82) is 0 Å². The van der Waals surface area contributed by atoms with Gasteiger partial charge < -0.3 is 10.1 Å². The summed E-state index contributed by atoms with van der Waals surface area (Å²) in [4.78, 5) is 12.6. The molecule has 0 spiro atoms. The molecule has 2 aromatic carbocycles. The Labute approximate surface area is 188 Å². The van der Waals surface area contributed by atoms with Gasteiger partial charge in [0.1, 0.15) is 5.75 Å². The van der Waals surface area contributed by atoms with Crippen molar-refractivity contribution in [2.24, 2.45) is 0 Å². The van der Waals surface area contributed by atoms with E-state index in [0.29, 0.717) is 12.3 Å². The van der Waals surface area contributed by atoms with Crippen LogP contribution >= 0.6 is 0 Å². The first-order valence-corrected chi connectivity index (χ1v) is 11.7. The van der Waals surface area contributed by atoms with Crippen LogP contribution in [0.25, 0.3) is 0 Å². The Kier molecular flexibility index (Phi) is 7.32. The molecule has 0 fully saturated rings. The summed E-state index contributed by atoms with van der Waals surface area (Å²) in [6.45, 7) is 6.26. The minimum atomic E-state index is -3.84. The first kappa shape index (κ1) is 23.5. The van der Waals surface area contributed by atoms with Gasteiger partial charge in [-0.05, 0) is 50.6 Å². The first-order valence-electron chi connectivity index (χ1n) is 10.2. The zero-order chi connectivity index (χ0) is 23.3. The summed E-state index contributed by atoms with van der Waals surface area (Å²) in [6, 6.07) is 15.0. The highest BCUT2D eigenvalue weighted by molar-refractivity contribution is 7.89. The van der Waals surface area contributed by atoms with E-state index in [0.717, 1.165) is 22.5 Å². The summed E-state index contributed by atoms with van der Waals surface area (Å²) in [7, 11) is -2.34. The van der Waals surface area contributed by atoms with E-state index in [1.165, 1.54) is 26.2 Å². The molecule has 3 aromatic rings. The van der Waals surface area contributed by atoms with Crippen molar-refractivity contribution in [1.82, 2.24) is 19.8 Å². The number of hydrogen-bond donors (Lipinski definition) is 2. The maximum atomic E-state index is 12.6. The van der Waals surface area contributed by atoms with Gasteiger partial charge in [0, 0.05) is 17.8 Å². The first-order chi connectivity index (χ1) is 15.2. The predicted molar refractivity (Wildman–Crippen MR) is 122 cm³/mol. The summed E-state index contributed by atoms with van der Waals surface area (Å²) in [6.07, 6.45) is 0. The molecule has 170 valence electrons. The molecule has 1 amide bonds. The van der Waals surface area contributed by atoms with E-state index < -0.39 is 22.0 Å². The molecule has 2 N–H and O–H groups in total. The molecule has 0 aliphatic rings. The number of aromatic nitrogens is 2. The molecule has 9 heteroatoms. The monoisotopic (exact) mass is 456 g/mol. The standard InChI is InChI=1S/C23H28N4O4S/c1-16-22(18(3)27(25-16)15-19-8-6-5-7-9-19)14-24-23(28)17(2)26-32(29,30)21-12-10-20(31-4)11-13-21/h5-13,17,26H,14-15H2,1-4H3,(H,24,28)/t17-/m0/s1. The molecule has 8 nitrogen and oxygen atoms in total. The second-order valence-electron chi connectivity index (χ2n) is 7.53. The van der Waals surface area contributed by atoms with Crippen LogP contribution in [0.5, 0.6) is 5.75 Å². The van der Waals surface area contributed by atoms with Crippen molar-refractivity contribution in [3.05, 3.63) is 77.1 Å². The number of nitrogens with zero attached hydrogens (tertiary/aromatic N) is 2. The molecule has 0 saturated heterocycles. The zero-order valence-electron chi connectivity index (χ0n) is 18.6. The normalized spacial score (nSPS) is 12.4. The molecule has 0 bridgehead atoms. The molecule has 0 aliphatic heterocycles. The van der Waals surface area contributed by atoms with Gasteiger partial charge in [-0.2, -0.15) is 9.82 Å². The fourth-order valence-corrected chi connectivity index (χ4v) is 4.54. The highest BCUT2D eigenvalue weighted by Crippen LogP contribution is 2.17. The van der Waals surface area contributed by atoms with Gasteiger partial charge in [-0.1, -0.05) is 30.3 Å². The van der Waals surface area contributed by atoms with E-state index in [9.17, 15) is 13.2 Å². The lowest BCUT2D eigenvalue weighted by Gasteiger charge is -2.15. The minimum Gasteiger partial charge on any atom is -0.497 e. The number of hydrogen-bond acceptors (Lipinski definition) is 5. The number of carbonyl (C=O) groups is 1. The van der Waals surface area contributed by atoms with E-state index in [1.54, 1.807) is 12.1 Å². The van der Waals surface area contributed by atoms with Gasteiger partial charge in [0.15, 0.2) is 0 Å². The van der Waals surface area contributed by atoms with Gasteiger partial charge in [0.2, 0.25) is 15.9 Å². The number of carbonyl (C=O) groups excluding carboxylic acids is 1. The number of aryl methyl sites for hydroxylation is 1. The lowest BCUT2D eigenvalue weighted by Crippen LogP contribution is -2.44. The van der Waals surface area contributed by atoms with E-state index in [4.69, 9.17) is 4.74 Å². The van der Waals surface area contributed by atoms with Crippen molar-refractivity contribution < 1.29 is 17.9 Å². The SMILES string of the molecule is COc1ccc(S(=O)(=O)N[C@@H](C)C(=O)NCc2c(C)nn(Cc3ccccc3)c2C)cc1. The maximum Gasteiger partial charge on any atom is 0.241 e. The van der Waals surface area contributed by atoms with Crippen molar-refractivity contribution in [2.45, 2.75) is 44.8 Å². The van der Waals surface area contributed by atoms with Crippen LogP contribution in [-0.4, -0.2) is 37.3 Å². The molecule has 0 unspecified atom stereocenters. The van der Waals surface area contributed by atoms with Crippen molar-refractivity contribution in [3.63, 3.8) is 0 Å². The van der Waals surface area contributed by atoms with E-state index >= 15 is 0 Å². The average molecular weight is 457 g/mol. The van der Waals surface area contributed by atoms with Crippen LogP contribution in [-0.2, 0) is 27.9 Å². The topological polar surface area (TPSA) is 102 Å². The minimum absolute atomic E-state index is 0.0619. The summed E-state index contributed by atoms with van der Waals surface area (Å²) in [5.74, 6) is 0.130. The van der Waals surface area contributed by atoms with Crippen LogP contribution in [0.15, 0.2) is 59.5 Å². The number of rotatable bonds is 9. The van der Waals surface area contributed by atoms with Crippen molar-refractivity contribution >= 4 is 15.9 Å². The molecular weight excluding hydrogens is 428 g/mol. The lowest BCUT2D eigenvalue weighted by molar-refractivity contribution is -0.122. The van der Waals surface area contributed by atoms with Crippen LogP contribution in [0.2, 0.25) is 0 Å². The van der Waals surface area contributed by atoms with Gasteiger partial charge >= 0.3 is 0 Å². The number of benzene rings is 2. The number of methoxy groups -OCH3 is 1. The Morgan fingerprint density at radius 3 is 2.38 bits per heavy atom. The molecule has 1 atom stereocenters. The number of sulfonamides is 1. The van der Waals surface area contributed by atoms with Gasteiger partial charge in [-0.25, -0.2) is 8.42 Å². The molecular formula is C23H28N4O4S. The Hall–Kier alpha value is -3.17. The second-order valence-corrected chi connectivity index (χ2v) is 9.24. The second kappa shape index (κ2) is 9.97. The van der Waals surface area contributed by atoms with E-state index in [-0.39, 0.29) is 11.4 Å². The lowest BCUT2D eigenvalue weighted by atomic mass is 10.2. The van der Waals surface area contributed by atoms with Crippen LogP contribution in [0, 0.1) is 13.8 Å². The van der Waals surface area contributed by atoms with Gasteiger partial charge in [-0.15, -0.1) is 0 Å². The van der Waals surface area contributed by atoms with Gasteiger partial charge in [0.25, 0.3) is 0 Å². The van der Waals surface area contributed by atoms with Crippen molar-refractivity contribution in [3.8, 4) is 5.75 Å². The number of nitrogens with one attached hydrogen (secondary N) is 2. The largest absolute Gasteiger partial charge is 0.497 e. The fraction of sp³-hybridized carbons (Fsp3) is 0.304. The van der Waals surface area contributed by atoms with Crippen LogP contribution in [0.1, 0.15) is 29.4 Å². The highest BCUT2D eigenvalue weighted by Gasteiger charge is 2.22. The van der Waals surface area contributed by atoms with Crippen LogP contribution in [0.3, 0.4) is 0 Å². The van der Waals surface area contributed by atoms with Gasteiger partial charge in [0.05, 0.1) is 30.3 Å². The summed E-state index contributed by atoms with van der Waals surface area (Å²) >= 11 is 0. The third kappa shape index (κ3) is 5.54. The predicted octanol–water partition coefficient (Wildman–Crippen LogP) is 2.54. The highest BCUT2D eigenvalue weighted by atomic mass is 32.2. The molecule has 0 radical (unpaired) electrons. The molecule has 0 aliphatic carbocycles. The number of amides is 1. The van der Waals surface area contributed by atoms with E-state index in [2.05, 4.69) is 15.1 Å². The third-order valence-corrected chi connectivity index (χ3v) is 6.80. The number of ether oxygens (including phenoxy) is 1. The summed E-state index contributed by atoms with van der Waals surface area (Å²) in [5, 5.41) is 7.40. The zero-order valence-corrected chi connectivity index (χ0v) is 19.4. The molecule has 1 aromatic heterocycles. The van der Waals surface area contributed by atoms with Crippen LogP contribution in [0.4, 0.5) is 0 Å².